The highest BCUT2D eigenvalue weighted by Crippen LogP contribution is 2.20. The van der Waals surface area contributed by atoms with E-state index in [9.17, 15) is 9.59 Å². The van der Waals surface area contributed by atoms with Crippen molar-refractivity contribution in [2.24, 2.45) is 0 Å². The number of amides is 2. The molecule has 0 saturated heterocycles. The molecular weight excluding hydrogens is 302 g/mol. The SMILES string of the molecule is CNC(=O)c1cccc(NCC(=O)Nc2c(C)cccc2C)c1C. The molecule has 0 bridgehead atoms. The molecule has 0 spiro atoms. The maximum Gasteiger partial charge on any atom is 0.251 e. The van der Waals surface area contributed by atoms with Crippen LogP contribution < -0.4 is 16.0 Å². The molecule has 0 aromatic heterocycles. The number of nitrogens with one attached hydrogen (secondary N) is 3. The van der Waals surface area contributed by atoms with Crippen LogP contribution in [0, 0.1) is 20.8 Å². The first-order chi connectivity index (χ1) is 11.4. The fourth-order valence-corrected chi connectivity index (χ4v) is 2.58. The third-order valence-corrected chi connectivity index (χ3v) is 3.99. The predicted molar refractivity (Wildman–Crippen MR) is 97.6 cm³/mol. The second kappa shape index (κ2) is 7.64. The lowest BCUT2D eigenvalue weighted by Gasteiger charge is -2.14. The highest BCUT2D eigenvalue weighted by molar-refractivity contribution is 5.98. The molecule has 2 amide bonds. The predicted octanol–water partition coefficient (Wildman–Crippen LogP) is 3.02. The Morgan fingerprint density at radius 2 is 1.58 bits per heavy atom. The van der Waals surface area contributed by atoms with Crippen LogP contribution in [0.5, 0.6) is 0 Å². The lowest BCUT2D eigenvalue weighted by atomic mass is 10.1. The van der Waals surface area contributed by atoms with Crippen LogP contribution in [0.2, 0.25) is 0 Å². The molecule has 126 valence electrons. The van der Waals surface area contributed by atoms with Crippen molar-refractivity contribution in [3.63, 3.8) is 0 Å². The van der Waals surface area contributed by atoms with E-state index < -0.39 is 0 Å². The number of rotatable bonds is 5. The summed E-state index contributed by atoms with van der Waals surface area (Å²) in [6.07, 6.45) is 0. The molecule has 0 unspecified atom stereocenters. The fourth-order valence-electron chi connectivity index (χ4n) is 2.58. The van der Waals surface area contributed by atoms with Crippen molar-refractivity contribution in [2.45, 2.75) is 20.8 Å². The molecule has 0 atom stereocenters. The van der Waals surface area contributed by atoms with Crippen LogP contribution in [0.25, 0.3) is 0 Å². The summed E-state index contributed by atoms with van der Waals surface area (Å²) in [5.41, 5.74) is 5.09. The number of hydrogen-bond acceptors (Lipinski definition) is 3. The van der Waals surface area contributed by atoms with E-state index in [2.05, 4.69) is 16.0 Å². The second-order valence-electron chi connectivity index (χ2n) is 5.73. The summed E-state index contributed by atoms with van der Waals surface area (Å²) in [5, 5.41) is 8.65. The monoisotopic (exact) mass is 325 g/mol. The molecule has 2 aromatic carbocycles. The molecule has 24 heavy (non-hydrogen) atoms. The van der Waals surface area contributed by atoms with Crippen LogP contribution in [-0.2, 0) is 4.79 Å². The molecule has 0 aliphatic rings. The van der Waals surface area contributed by atoms with Crippen LogP contribution in [0.15, 0.2) is 36.4 Å². The lowest BCUT2D eigenvalue weighted by Crippen LogP contribution is -2.24. The summed E-state index contributed by atoms with van der Waals surface area (Å²) in [7, 11) is 1.60. The van der Waals surface area contributed by atoms with Crippen molar-refractivity contribution < 1.29 is 9.59 Å². The molecule has 2 rings (SSSR count). The number of anilines is 2. The smallest absolute Gasteiger partial charge is 0.251 e. The van der Waals surface area contributed by atoms with Crippen molar-refractivity contribution in [3.8, 4) is 0 Å². The minimum absolute atomic E-state index is 0.128. The first-order valence-electron chi connectivity index (χ1n) is 7.85. The molecule has 0 fully saturated rings. The molecule has 0 heterocycles. The minimum Gasteiger partial charge on any atom is -0.376 e. The van der Waals surface area contributed by atoms with Crippen LogP contribution in [0.3, 0.4) is 0 Å². The van der Waals surface area contributed by atoms with E-state index in [1.807, 2.05) is 45.0 Å². The van der Waals surface area contributed by atoms with Crippen LogP contribution in [0.4, 0.5) is 11.4 Å². The molecule has 0 saturated carbocycles. The van der Waals surface area contributed by atoms with Gasteiger partial charge in [-0.1, -0.05) is 24.3 Å². The van der Waals surface area contributed by atoms with Crippen LogP contribution in [-0.4, -0.2) is 25.4 Å². The standard InChI is InChI=1S/C19H23N3O2/c1-12-7-5-8-13(2)18(12)22-17(23)11-21-16-10-6-9-15(14(16)3)19(24)20-4/h5-10,21H,11H2,1-4H3,(H,20,24)(H,22,23). The molecule has 3 N–H and O–H groups in total. The number of hydrogen-bond donors (Lipinski definition) is 3. The zero-order valence-electron chi connectivity index (χ0n) is 14.5. The van der Waals surface area contributed by atoms with Crippen LogP contribution in [0.1, 0.15) is 27.0 Å². The van der Waals surface area contributed by atoms with Gasteiger partial charge < -0.3 is 16.0 Å². The van der Waals surface area contributed by atoms with Gasteiger partial charge >= 0.3 is 0 Å². The van der Waals surface area contributed by atoms with Gasteiger partial charge in [0.2, 0.25) is 5.91 Å². The van der Waals surface area contributed by atoms with E-state index in [4.69, 9.17) is 0 Å². The van der Waals surface area contributed by atoms with Gasteiger partial charge in [-0.15, -0.1) is 0 Å². The minimum atomic E-state index is -0.142. The normalized spacial score (nSPS) is 10.2. The van der Waals surface area contributed by atoms with E-state index in [0.29, 0.717) is 5.56 Å². The number of carbonyl (C=O) groups excluding carboxylic acids is 2. The Hall–Kier alpha value is -2.82. The Balaban J connectivity index is 2.06. The molecule has 5 nitrogen and oxygen atoms in total. The average molecular weight is 325 g/mol. The topological polar surface area (TPSA) is 70.2 Å². The van der Waals surface area contributed by atoms with Crippen LogP contribution >= 0.6 is 0 Å². The molecule has 5 heteroatoms. The molecular formula is C19H23N3O2. The Kier molecular flexibility index (Phi) is 5.58. The Morgan fingerprint density at radius 1 is 0.958 bits per heavy atom. The molecule has 0 aliphatic carbocycles. The zero-order valence-corrected chi connectivity index (χ0v) is 14.5. The van der Waals surface area contributed by atoms with Crippen molar-refractivity contribution in [2.75, 3.05) is 24.2 Å². The summed E-state index contributed by atoms with van der Waals surface area (Å²) >= 11 is 0. The van der Waals surface area contributed by atoms with Gasteiger partial charge in [0.25, 0.3) is 5.91 Å². The number of carbonyl (C=O) groups is 2. The van der Waals surface area contributed by atoms with Crippen molar-refractivity contribution >= 4 is 23.2 Å². The van der Waals surface area contributed by atoms with E-state index >= 15 is 0 Å². The van der Waals surface area contributed by atoms with Gasteiger partial charge in [-0.05, 0) is 49.6 Å². The van der Waals surface area contributed by atoms with E-state index in [-0.39, 0.29) is 18.4 Å². The van der Waals surface area contributed by atoms with E-state index in [1.54, 1.807) is 19.2 Å². The Morgan fingerprint density at radius 3 is 2.21 bits per heavy atom. The van der Waals surface area contributed by atoms with Gasteiger partial charge in [-0.3, -0.25) is 9.59 Å². The molecule has 0 aliphatic heterocycles. The maximum atomic E-state index is 12.2. The summed E-state index contributed by atoms with van der Waals surface area (Å²) in [5.74, 6) is -0.270. The third kappa shape index (κ3) is 3.93. The van der Waals surface area contributed by atoms with Gasteiger partial charge in [-0.2, -0.15) is 0 Å². The highest BCUT2D eigenvalue weighted by Gasteiger charge is 2.11. The number of benzene rings is 2. The van der Waals surface area contributed by atoms with Gasteiger partial charge in [0.05, 0.1) is 6.54 Å². The maximum absolute atomic E-state index is 12.2. The van der Waals surface area contributed by atoms with E-state index in [0.717, 1.165) is 28.1 Å². The quantitative estimate of drug-likeness (QED) is 0.791. The first kappa shape index (κ1) is 17.5. The largest absolute Gasteiger partial charge is 0.376 e. The lowest BCUT2D eigenvalue weighted by molar-refractivity contribution is -0.114. The van der Waals surface area contributed by atoms with Gasteiger partial charge in [0.1, 0.15) is 0 Å². The first-order valence-corrected chi connectivity index (χ1v) is 7.85. The summed E-state index contributed by atoms with van der Waals surface area (Å²) in [6, 6.07) is 11.3. The molecule has 2 aromatic rings. The Labute approximate surface area is 142 Å². The second-order valence-corrected chi connectivity index (χ2v) is 5.73. The van der Waals surface area contributed by atoms with Gasteiger partial charge in [-0.25, -0.2) is 0 Å². The van der Waals surface area contributed by atoms with Crippen molar-refractivity contribution in [1.82, 2.24) is 5.32 Å². The zero-order chi connectivity index (χ0) is 17.7. The van der Waals surface area contributed by atoms with E-state index in [1.165, 1.54) is 0 Å². The third-order valence-electron chi connectivity index (χ3n) is 3.99. The fraction of sp³-hybridized carbons (Fsp3) is 0.263. The Bertz CT molecular complexity index is 749. The number of aryl methyl sites for hydroxylation is 2. The van der Waals surface area contributed by atoms with Crippen molar-refractivity contribution in [1.29, 1.82) is 0 Å². The molecule has 0 radical (unpaired) electrons. The van der Waals surface area contributed by atoms with Gasteiger partial charge in [0, 0.05) is 24.0 Å². The van der Waals surface area contributed by atoms with Gasteiger partial charge in [0.15, 0.2) is 0 Å². The number of para-hydroxylation sites is 1. The average Bonchev–Trinajstić information content (AvgIpc) is 2.56. The van der Waals surface area contributed by atoms with Crippen molar-refractivity contribution in [3.05, 3.63) is 58.7 Å². The summed E-state index contributed by atoms with van der Waals surface area (Å²) < 4.78 is 0. The summed E-state index contributed by atoms with van der Waals surface area (Å²) in [4.78, 5) is 24.0. The highest BCUT2D eigenvalue weighted by atomic mass is 16.2. The summed E-state index contributed by atoms with van der Waals surface area (Å²) in [6.45, 7) is 5.92.